The van der Waals surface area contributed by atoms with Crippen LogP contribution in [0, 0.1) is 19.7 Å². The second-order valence-corrected chi connectivity index (χ2v) is 4.16. The van der Waals surface area contributed by atoms with Crippen molar-refractivity contribution in [2.75, 3.05) is 11.1 Å². The number of carbonyl (C=O) groups excluding carboxylic acids is 1. The number of nitrogens with two attached hydrogens (primary N) is 1. The van der Waals surface area contributed by atoms with E-state index in [0.717, 1.165) is 17.5 Å². The summed E-state index contributed by atoms with van der Waals surface area (Å²) in [6.45, 7) is 3.61. The summed E-state index contributed by atoms with van der Waals surface area (Å²) in [4.78, 5) is 20.1. The van der Waals surface area contributed by atoms with Crippen LogP contribution in [-0.2, 0) is 0 Å². The highest BCUT2D eigenvalue weighted by molar-refractivity contribution is 6.03. The highest BCUT2D eigenvalue weighted by Crippen LogP contribution is 2.13. The number of nitrogens with zero attached hydrogens (tertiary/aromatic N) is 2. The molecule has 1 aromatic heterocycles. The Labute approximate surface area is 109 Å². The minimum absolute atomic E-state index is 0.0750. The van der Waals surface area contributed by atoms with Crippen LogP contribution in [-0.4, -0.2) is 15.9 Å². The Kier molecular flexibility index (Phi) is 3.41. The zero-order valence-corrected chi connectivity index (χ0v) is 10.6. The number of benzene rings is 1. The third kappa shape index (κ3) is 3.04. The summed E-state index contributed by atoms with van der Waals surface area (Å²) >= 11 is 0. The number of carbonyl (C=O) groups is 1. The minimum atomic E-state index is -0.556. The van der Waals surface area contributed by atoms with Gasteiger partial charge in [0.15, 0.2) is 0 Å². The maximum atomic E-state index is 13.0. The van der Waals surface area contributed by atoms with Crippen LogP contribution in [0.25, 0.3) is 0 Å². The van der Waals surface area contributed by atoms with Gasteiger partial charge in [0, 0.05) is 17.0 Å². The molecular formula is C13H13FN4O. The Morgan fingerprint density at radius 2 is 1.84 bits per heavy atom. The molecule has 0 saturated carbocycles. The van der Waals surface area contributed by atoms with Gasteiger partial charge in [-0.15, -0.1) is 0 Å². The maximum absolute atomic E-state index is 13.0. The van der Waals surface area contributed by atoms with Gasteiger partial charge < -0.3 is 5.73 Å². The van der Waals surface area contributed by atoms with Crippen LogP contribution in [0.1, 0.15) is 21.7 Å². The van der Waals surface area contributed by atoms with Crippen molar-refractivity contribution in [1.82, 2.24) is 9.97 Å². The van der Waals surface area contributed by atoms with Gasteiger partial charge in [-0.2, -0.15) is 0 Å². The van der Waals surface area contributed by atoms with Crippen molar-refractivity contribution in [3.8, 4) is 0 Å². The van der Waals surface area contributed by atoms with Crippen LogP contribution in [0.3, 0.4) is 0 Å². The van der Waals surface area contributed by atoms with Crippen LogP contribution in [0.4, 0.5) is 16.0 Å². The predicted molar refractivity (Wildman–Crippen MR) is 70.3 cm³/mol. The number of hydrogen-bond donors (Lipinski definition) is 2. The van der Waals surface area contributed by atoms with Crippen molar-refractivity contribution in [3.63, 3.8) is 0 Å². The first-order chi connectivity index (χ1) is 8.95. The van der Waals surface area contributed by atoms with Crippen LogP contribution in [0.5, 0.6) is 0 Å². The fourth-order valence-electron chi connectivity index (χ4n) is 1.64. The molecule has 0 unspecified atom stereocenters. The number of nitrogen functional groups attached to an aromatic ring is 1. The summed E-state index contributed by atoms with van der Waals surface area (Å²) in [5.41, 5.74) is 7.09. The second-order valence-electron chi connectivity index (χ2n) is 4.16. The van der Waals surface area contributed by atoms with E-state index < -0.39 is 11.7 Å². The molecule has 0 spiro atoms. The van der Waals surface area contributed by atoms with E-state index >= 15 is 0 Å². The average Bonchev–Trinajstić information content (AvgIpc) is 2.31. The topological polar surface area (TPSA) is 80.9 Å². The maximum Gasteiger partial charge on any atom is 0.258 e. The highest BCUT2D eigenvalue weighted by atomic mass is 19.1. The summed E-state index contributed by atoms with van der Waals surface area (Å²) in [6, 6.07) is 5.56. The molecule has 5 nitrogen and oxygen atoms in total. The van der Waals surface area contributed by atoms with Gasteiger partial charge in [0.1, 0.15) is 5.82 Å². The standard InChI is InChI=1S/C13H13FN4O/c1-7-5-8(2)17-13(16-7)18-12(19)9-3-4-10(14)11(15)6-9/h3-6H,15H2,1-2H3,(H,16,17,18,19). The van der Waals surface area contributed by atoms with E-state index in [1.807, 2.05) is 0 Å². The second kappa shape index (κ2) is 5.01. The predicted octanol–water partition coefficient (Wildman–Crippen LogP) is 2.07. The Bertz CT molecular complexity index is 622. The van der Waals surface area contributed by atoms with E-state index in [4.69, 9.17) is 5.73 Å². The summed E-state index contributed by atoms with van der Waals surface area (Å²) in [5.74, 6) is -0.777. The molecule has 0 bridgehead atoms. The fourth-order valence-corrected chi connectivity index (χ4v) is 1.64. The van der Waals surface area contributed by atoms with E-state index in [2.05, 4.69) is 15.3 Å². The average molecular weight is 260 g/mol. The molecule has 2 aromatic rings. The van der Waals surface area contributed by atoms with Gasteiger partial charge in [0.05, 0.1) is 5.69 Å². The molecule has 1 aromatic carbocycles. The molecule has 0 aliphatic heterocycles. The molecule has 0 atom stereocenters. The van der Waals surface area contributed by atoms with Crippen molar-refractivity contribution in [1.29, 1.82) is 0 Å². The lowest BCUT2D eigenvalue weighted by atomic mass is 10.2. The SMILES string of the molecule is Cc1cc(C)nc(NC(=O)c2ccc(F)c(N)c2)n1. The molecule has 19 heavy (non-hydrogen) atoms. The van der Waals surface area contributed by atoms with Gasteiger partial charge in [-0.25, -0.2) is 14.4 Å². The van der Waals surface area contributed by atoms with E-state index in [1.54, 1.807) is 19.9 Å². The number of halogens is 1. The van der Waals surface area contributed by atoms with Crippen LogP contribution in [0.2, 0.25) is 0 Å². The van der Waals surface area contributed by atoms with Gasteiger partial charge in [-0.3, -0.25) is 10.1 Å². The first-order valence-electron chi connectivity index (χ1n) is 5.64. The van der Waals surface area contributed by atoms with Crippen molar-refractivity contribution in [3.05, 3.63) is 47.0 Å². The molecule has 0 fully saturated rings. The lowest BCUT2D eigenvalue weighted by molar-refractivity contribution is 0.102. The first-order valence-corrected chi connectivity index (χ1v) is 5.64. The first kappa shape index (κ1) is 12.9. The molecule has 0 saturated heterocycles. The number of amides is 1. The summed E-state index contributed by atoms with van der Waals surface area (Å²) < 4.78 is 13.0. The Morgan fingerprint density at radius 1 is 1.21 bits per heavy atom. The summed E-state index contributed by atoms with van der Waals surface area (Å²) in [6.07, 6.45) is 0. The molecule has 0 radical (unpaired) electrons. The Balaban J connectivity index is 2.22. The fraction of sp³-hybridized carbons (Fsp3) is 0.154. The van der Waals surface area contributed by atoms with E-state index in [1.165, 1.54) is 12.1 Å². The van der Waals surface area contributed by atoms with Gasteiger partial charge in [0.25, 0.3) is 5.91 Å². The third-order valence-corrected chi connectivity index (χ3v) is 2.47. The van der Waals surface area contributed by atoms with E-state index in [9.17, 15) is 9.18 Å². The lowest BCUT2D eigenvalue weighted by Gasteiger charge is -2.06. The zero-order valence-electron chi connectivity index (χ0n) is 10.6. The Hall–Kier alpha value is -2.50. The number of hydrogen-bond acceptors (Lipinski definition) is 4. The smallest absolute Gasteiger partial charge is 0.258 e. The zero-order chi connectivity index (χ0) is 14.0. The number of rotatable bonds is 2. The quantitative estimate of drug-likeness (QED) is 0.810. The van der Waals surface area contributed by atoms with Crippen molar-refractivity contribution < 1.29 is 9.18 Å². The highest BCUT2D eigenvalue weighted by Gasteiger charge is 2.10. The van der Waals surface area contributed by atoms with Gasteiger partial charge in [-0.05, 0) is 38.1 Å². The molecule has 0 aliphatic rings. The van der Waals surface area contributed by atoms with Crippen LogP contribution in [0.15, 0.2) is 24.3 Å². The molecule has 3 N–H and O–H groups in total. The number of nitrogens with one attached hydrogen (secondary N) is 1. The third-order valence-electron chi connectivity index (χ3n) is 2.47. The molecular weight excluding hydrogens is 247 g/mol. The molecule has 6 heteroatoms. The molecule has 1 heterocycles. The van der Waals surface area contributed by atoms with Crippen LogP contribution < -0.4 is 11.1 Å². The monoisotopic (exact) mass is 260 g/mol. The van der Waals surface area contributed by atoms with Crippen molar-refractivity contribution in [2.24, 2.45) is 0 Å². The number of aryl methyl sites for hydroxylation is 2. The molecule has 0 aliphatic carbocycles. The largest absolute Gasteiger partial charge is 0.396 e. The normalized spacial score (nSPS) is 10.3. The number of anilines is 2. The van der Waals surface area contributed by atoms with E-state index in [-0.39, 0.29) is 17.2 Å². The van der Waals surface area contributed by atoms with E-state index in [0.29, 0.717) is 0 Å². The summed E-state index contributed by atoms with van der Waals surface area (Å²) in [7, 11) is 0. The lowest BCUT2D eigenvalue weighted by Crippen LogP contribution is -2.15. The van der Waals surface area contributed by atoms with Crippen molar-refractivity contribution >= 4 is 17.5 Å². The molecule has 1 amide bonds. The minimum Gasteiger partial charge on any atom is -0.396 e. The van der Waals surface area contributed by atoms with Gasteiger partial charge >= 0.3 is 0 Å². The van der Waals surface area contributed by atoms with Gasteiger partial charge in [-0.1, -0.05) is 0 Å². The van der Waals surface area contributed by atoms with Crippen molar-refractivity contribution in [2.45, 2.75) is 13.8 Å². The summed E-state index contributed by atoms with van der Waals surface area (Å²) in [5, 5.41) is 2.55. The molecule has 98 valence electrons. The van der Waals surface area contributed by atoms with Crippen LogP contribution >= 0.6 is 0 Å². The molecule has 2 rings (SSSR count). The Morgan fingerprint density at radius 3 is 2.42 bits per heavy atom. The number of aromatic nitrogens is 2. The van der Waals surface area contributed by atoms with Gasteiger partial charge in [0.2, 0.25) is 5.95 Å².